The highest BCUT2D eigenvalue weighted by atomic mass is 32.1. The summed E-state index contributed by atoms with van der Waals surface area (Å²) in [6, 6.07) is 19.3. The normalized spacial score (nSPS) is 23.7. The van der Waals surface area contributed by atoms with Gasteiger partial charge in [-0.1, -0.05) is 54.6 Å². The molecule has 9 rings (SSSR count). The molecule has 2 unspecified atom stereocenters. The molecule has 0 radical (unpaired) electrons. The first-order valence-corrected chi connectivity index (χ1v) is 16.2. The minimum atomic E-state index is 0.0830. The van der Waals surface area contributed by atoms with E-state index in [9.17, 15) is 4.79 Å². The first kappa shape index (κ1) is 26.1. The molecule has 1 saturated carbocycles. The average Bonchev–Trinajstić information content (AvgIpc) is 4.01. The summed E-state index contributed by atoms with van der Waals surface area (Å²) in [4.78, 5) is 29.9. The van der Waals surface area contributed by atoms with Gasteiger partial charge in [-0.05, 0) is 58.4 Å². The van der Waals surface area contributed by atoms with Crippen molar-refractivity contribution in [3.63, 3.8) is 0 Å². The van der Waals surface area contributed by atoms with Gasteiger partial charge in [0.05, 0.1) is 17.1 Å². The van der Waals surface area contributed by atoms with Crippen LogP contribution in [0, 0.1) is 5.92 Å². The summed E-state index contributed by atoms with van der Waals surface area (Å²) >= 11 is 1.63. The van der Waals surface area contributed by atoms with E-state index in [0.29, 0.717) is 12.5 Å². The van der Waals surface area contributed by atoms with Gasteiger partial charge in [0.2, 0.25) is 0 Å². The van der Waals surface area contributed by atoms with E-state index in [-0.39, 0.29) is 11.4 Å². The summed E-state index contributed by atoms with van der Waals surface area (Å²) in [6.45, 7) is 4.68. The van der Waals surface area contributed by atoms with Gasteiger partial charge in [0.1, 0.15) is 6.33 Å². The molecule has 218 valence electrons. The number of nitrogens with one attached hydrogen (secondary N) is 2. The van der Waals surface area contributed by atoms with Crippen LogP contribution in [-0.2, 0) is 13.0 Å². The Morgan fingerprint density at radius 3 is 2.55 bits per heavy atom. The third-order valence-corrected chi connectivity index (χ3v) is 11.1. The fourth-order valence-corrected chi connectivity index (χ4v) is 8.58. The first-order valence-electron chi connectivity index (χ1n) is 15.4. The Kier molecular flexibility index (Phi) is 5.98. The predicted molar refractivity (Wildman–Crippen MR) is 173 cm³/mol. The summed E-state index contributed by atoms with van der Waals surface area (Å²) in [5.74, 6) is 0.519. The molecular formula is C36H32N6OS. The van der Waals surface area contributed by atoms with Gasteiger partial charge in [-0.25, -0.2) is 9.97 Å². The molecule has 0 spiro atoms. The predicted octanol–water partition coefficient (Wildman–Crippen LogP) is 5.46. The number of amides is 1. The van der Waals surface area contributed by atoms with Crippen LogP contribution in [0.4, 0.5) is 0 Å². The number of carbonyl (C=O) groups is 1. The quantitative estimate of drug-likeness (QED) is 0.308. The minimum absolute atomic E-state index is 0.0830. The van der Waals surface area contributed by atoms with Crippen LogP contribution in [0.25, 0.3) is 27.3 Å². The van der Waals surface area contributed by atoms with Crippen LogP contribution >= 0.6 is 11.3 Å². The Morgan fingerprint density at radius 2 is 1.75 bits per heavy atom. The Bertz CT molecular complexity index is 1890. The zero-order chi connectivity index (χ0) is 29.3. The Labute approximate surface area is 260 Å². The number of thiophene rings is 1. The lowest BCUT2D eigenvalue weighted by atomic mass is 9.91. The van der Waals surface area contributed by atoms with Crippen molar-refractivity contribution in [1.82, 2.24) is 30.4 Å². The van der Waals surface area contributed by atoms with Gasteiger partial charge in [-0.15, -0.1) is 11.3 Å². The molecule has 2 aromatic carbocycles. The first-order chi connectivity index (χ1) is 21.7. The van der Waals surface area contributed by atoms with Crippen LogP contribution in [-0.4, -0.2) is 57.4 Å². The number of hydrogen-bond donors (Lipinski definition) is 2. The Hall–Kier alpha value is -4.37. The smallest absolute Gasteiger partial charge is 0.268 e. The molecule has 8 heteroatoms. The van der Waals surface area contributed by atoms with E-state index in [1.165, 1.54) is 16.8 Å². The maximum absolute atomic E-state index is 14.7. The van der Waals surface area contributed by atoms with E-state index in [4.69, 9.17) is 0 Å². The minimum Gasteiger partial charge on any atom is -0.358 e. The summed E-state index contributed by atoms with van der Waals surface area (Å²) in [5, 5.41) is 6.70. The van der Waals surface area contributed by atoms with Gasteiger partial charge in [-0.2, -0.15) is 0 Å². The van der Waals surface area contributed by atoms with E-state index in [0.717, 1.165) is 82.3 Å². The van der Waals surface area contributed by atoms with E-state index >= 15 is 0 Å². The monoisotopic (exact) mass is 596 g/mol. The number of aromatic nitrogens is 2. The second kappa shape index (κ2) is 10.1. The number of nitrogens with zero attached hydrogens (tertiary/aromatic N) is 4. The van der Waals surface area contributed by atoms with Crippen molar-refractivity contribution in [1.29, 1.82) is 0 Å². The molecular weight excluding hydrogens is 565 g/mol. The lowest BCUT2D eigenvalue weighted by Gasteiger charge is -2.37. The molecule has 44 heavy (non-hydrogen) atoms. The van der Waals surface area contributed by atoms with Crippen molar-refractivity contribution in [3.05, 3.63) is 125 Å². The van der Waals surface area contributed by atoms with Gasteiger partial charge in [0.25, 0.3) is 5.91 Å². The van der Waals surface area contributed by atoms with Crippen LogP contribution in [0.1, 0.15) is 32.8 Å². The summed E-state index contributed by atoms with van der Waals surface area (Å²) < 4.78 is 0. The van der Waals surface area contributed by atoms with Crippen LogP contribution < -0.4 is 10.6 Å². The van der Waals surface area contributed by atoms with Crippen molar-refractivity contribution < 1.29 is 4.79 Å². The lowest BCUT2D eigenvalue weighted by Crippen LogP contribution is -2.50. The van der Waals surface area contributed by atoms with Crippen LogP contribution in [0.5, 0.6) is 0 Å². The molecule has 2 aromatic heterocycles. The molecule has 7 nitrogen and oxygen atoms in total. The van der Waals surface area contributed by atoms with Crippen LogP contribution in [0.3, 0.4) is 0 Å². The Morgan fingerprint density at radius 1 is 0.977 bits per heavy atom. The van der Waals surface area contributed by atoms with Gasteiger partial charge in [-0.3, -0.25) is 9.69 Å². The van der Waals surface area contributed by atoms with Crippen LogP contribution in [0.15, 0.2) is 103 Å². The van der Waals surface area contributed by atoms with Crippen LogP contribution in [0.2, 0.25) is 0 Å². The third kappa shape index (κ3) is 4.28. The number of fused-ring (bicyclic) bond motifs is 3. The maximum Gasteiger partial charge on any atom is 0.268 e. The number of carbonyl (C=O) groups excluding carboxylic acids is 1. The standard InChI is InChI=1S/C36H32N6OS/c43-35-34-26(16-33(44-34)24-7-5-23(6-8-24)31-20-40-31)15-29-30-17-36(30,41-13-11-37-12-14-41)10-9-32(29)42(35)21-25-3-1-2-4-28(25)27-18-38-22-39-19-27/h1-10,16,18-20,22,30,37,40H,11-15,17,21H2. The fourth-order valence-electron chi connectivity index (χ4n) is 7.44. The molecule has 1 amide bonds. The van der Waals surface area contributed by atoms with Crippen molar-refractivity contribution in [3.8, 4) is 21.6 Å². The number of benzene rings is 2. The number of rotatable bonds is 6. The van der Waals surface area contributed by atoms with Gasteiger partial charge < -0.3 is 15.5 Å². The van der Waals surface area contributed by atoms with E-state index in [1.807, 2.05) is 24.7 Å². The second-order valence-electron chi connectivity index (χ2n) is 12.3. The zero-order valence-corrected chi connectivity index (χ0v) is 25.1. The van der Waals surface area contributed by atoms with Gasteiger partial charge >= 0.3 is 0 Å². The van der Waals surface area contributed by atoms with Crippen molar-refractivity contribution in [2.45, 2.75) is 24.9 Å². The highest BCUT2D eigenvalue weighted by molar-refractivity contribution is 7.17. The molecule has 3 aliphatic heterocycles. The topological polar surface area (TPSA) is 83.3 Å². The molecule has 2 N–H and O–H groups in total. The van der Waals surface area contributed by atoms with E-state index < -0.39 is 0 Å². The molecule has 2 fully saturated rings. The maximum atomic E-state index is 14.7. The summed E-state index contributed by atoms with van der Waals surface area (Å²) in [6.07, 6.45) is 13.9. The third-order valence-electron chi connectivity index (χ3n) is 9.87. The summed E-state index contributed by atoms with van der Waals surface area (Å²) in [5.41, 5.74) is 10.4. The van der Waals surface area contributed by atoms with Crippen molar-refractivity contribution >= 4 is 22.9 Å². The molecule has 2 aliphatic carbocycles. The highest BCUT2D eigenvalue weighted by Crippen LogP contribution is 2.59. The summed E-state index contributed by atoms with van der Waals surface area (Å²) in [7, 11) is 0. The second-order valence-corrected chi connectivity index (χ2v) is 13.4. The molecule has 5 heterocycles. The molecule has 4 aromatic rings. The molecule has 1 saturated heterocycles. The Balaban J connectivity index is 1.12. The van der Waals surface area contributed by atoms with Crippen molar-refractivity contribution in [2.75, 3.05) is 26.2 Å². The number of hydrogen-bond acceptors (Lipinski definition) is 7. The zero-order valence-electron chi connectivity index (χ0n) is 24.3. The number of piperazine rings is 1. The average molecular weight is 597 g/mol. The highest BCUT2D eigenvalue weighted by Gasteiger charge is 2.60. The molecule has 0 bridgehead atoms. The van der Waals surface area contributed by atoms with Crippen molar-refractivity contribution in [2.24, 2.45) is 5.92 Å². The van der Waals surface area contributed by atoms with E-state index in [2.05, 4.69) is 91.1 Å². The molecule has 2 atom stereocenters. The fraction of sp³-hybridized carbons (Fsp3) is 0.250. The number of allylic oxidation sites excluding steroid dienone is 1. The SMILES string of the molecule is O=C1c2sc(-c3ccc(C4=CN4)cc3)cc2CC2=C(C=CC3(N4CCNCC4)CC23)N1Cc1ccccc1-c1cncnc1. The largest absolute Gasteiger partial charge is 0.358 e. The molecule has 5 aliphatic rings. The van der Waals surface area contributed by atoms with Gasteiger partial charge in [0, 0.05) is 72.4 Å². The van der Waals surface area contributed by atoms with Gasteiger partial charge in [0.15, 0.2) is 0 Å². The lowest BCUT2D eigenvalue weighted by molar-refractivity contribution is 0.0804. The van der Waals surface area contributed by atoms with E-state index in [1.54, 1.807) is 17.7 Å².